The van der Waals surface area contributed by atoms with Gasteiger partial charge in [0.15, 0.2) is 0 Å². The molecule has 4 nitrogen and oxygen atoms in total. The van der Waals surface area contributed by atoms with E-state index in [0.29, 0.717) is 11.0 Å². The van der Waals surface area contributed by atoms with Crippen LogP contribution in [0.1, 0.15) is 25.0 Å². The van der Waals surface area contributed by atoms with E-state index in [0.717, 1.165) is 11.9 Å². The van der Waals surface area contributed by atoms with E-state index >= 15 is 0 Å². The lowest BCUT2D eigenvalue weighted by Crippen LogP contribution is -2.07. The standard InChI is InChI=1S/C12H13FN2O2/c1-7(3-11(16)17)10-5-8-4-9(13)6-14-12(8)15(10)2/h4-7H,3H2,1-2H3,(H,16,17). The fourth-order valence-corrected chi connectivity index (χ4v) is 2.05. The third-order valence-corrected chi connectivity index (χ3v) is 2.86. The van der Waals surface area contributed by atoms with E-state index in [1.165, 1.54) is 6.07 Å². The van der Waals surface area contributed by atoms with Crippen LogP contribution in [0.2, 0.25) is 0 Å². The molecule has 0 aliphatic heterocycles. The molecule has 0 fully saturated rings. The Morgan fingerprint density at radius 2 is 2.29 bits per heavy atom. The van der Waals surface area contributed by atoms with Gasteiger partial charge in [-0.3, -0.25) is 4.79 Å². The summed E-state index contributed by atoms with van der Waals surface area (Å²) in [4.78, 5) is 14.7. The van der Waals surface area contributed by atoms with Crippen LogP contribution in [0, 0.1) is 5.82 Å². The molecule has 1 unspecified atom stereocenters. The van der Waals surface area contributed by atoms with Crippen molar-refractivity contribution in [1.29, 1.82) is 0 Å². The van der Waals surface area contributed by atoms with Crippen molar-refractivity contribution in [2.24, 2.45) is 7.05 Å². The van der Waals surface area contributed by atoms with E-state index in [2.05, 4.69) is 4.98 Å². The minimum Gasteiger partial charge on any atom is -0.481 e. The van der Waals surface area contributed by atoms with Crippen molar-refractivity contribution in [3.63, 3.8) is 0 Å². The van der Waals surface area contributed by atoms with Crippen LogP contribution in [0.3, 0.4) is 0 Å². The molecule has 2 aromatic rings. The zero-order valence-corrected chi connectivity index (χ0v) is 9.64. The quantitative estimate of drug-likeness (QED) is 0.889. The van der Waals surface area contributed by atoms with Gasteiger partial charge in [-0.2, -0.15) is 0 Å². The minimum atomic E-state index is -0.845. The molecule has 2 aromatic heterocycles. The summed E-state index contributed by atoms with van der Waals surface area (Å²) in [5, 5.41) is 9.46. The second-order valence-corrected chi connectivity index (χ2v) is 4.19. The summed E-state index contributed by atoms with van der Waals surface area (Å²) in [6.45, 7) is 1.83. The van der Waals surface area contributed by atoms with Gasteiger partial charge in [-0.25, -0.2) is 9.37 Å². The van der Waals surface area contributed by atoms with Gasteiger partial charge in [-0.05, 0) is 12.1 Å². The average Bonchev–Trinajstić information content (AvgIpc) is 2.54. The monoisotopic (exact) mass is 236 g/mol. The Balaban J connectivity index is 2.48. The molecule has 90 valence electrons. The van der Waals surface area contributed by atoms with E-state index in [1.54, 1.807) is 13.1 Å². The second-order valence-electron chi connectivity index (χ2n) is 4.19. The van der Waals surface area contributed by atoms with Gasteiger partial charge in [0, 0.05) is 24.0 Å². The first-order valence-electron chi connectivity index (χ1n) is 5.31. The maximum Gasteiger partial charge on any atom is 0.304 e. The average molecular weight is 236 g/mol. The number of aromatic nitrogens is 2. The first kappa shape index (κ1) is 11.6. The Morgan fingerprint density at radius 1 is 1.59 bits per heavy atom. The summed E-state index contributed by atoms with van der Waals surface area (Å²) in [6, 6.07) is 3.19. The number of halogens is 1. The largest absolute Gasteiger partial charge is 0.481 e. The molecule has 0 radical (unpaired) electrons. The molecule has 0 saturated heterocycles. The molecule has 1 N–H and O–H groups in total. The van der Waals surface area contributed by atoms with Crippen LogP contribution in [0.4, 0.5) is 4.39 Å². The molecule has 0 aliphatic carbocycles. The molecular weight excluding hydrogens is 223 g/mol. The maximum absolute atomic E-state index is 13.0. The first-order valence-corrected chi connectivity index (χ1v) is 5.31. The molecular formula is C12H13FN2O2. The zero-order valence-electron chi connectivity index (χ0n) is 9.64. The van der Waals surface area contributed by atoms with Crippen LogP contribution < -0.4 is 0 Å². The molecule has 17 heavy (non-hydrogen) atoms. The summed E-state index contributed by atoms with van der Waals surface area (Å²) in [5.41, 5.74) is 1.51. The molecule has 2 heterocycles. The van der Waals surface area contributed by atoms with E-state index < -0.39 is 5.97 Å². The van der Waals surface area contributed by atoms with Gasteiger partial charge in [0.25, 0.3) is 0 Å². The second kappa shape index (κ2) is 4.16. The summed E-state index contributed by atoms with van der Waals surface area (Å²) >= 11 is 0. The highest BCUT2D eigenvalue weighted by Crippen LogP contribution is 2.25. The number of carboxylic acids is 1. The Hall–Kier alpha value is -1.91. The lowest BCUT2D eigenvalue weighted by molar-refractivity contribution is -0.137. The van der Waals surface area contributed by atoms with Crippen molar-refractivity contribution in [2.45, 2.75) is 19.3 Å². The van der Waals surface area contributed by atoms with Crippen molar-refractivity contribution in [1.82, 2.24) is 9.55 Å². The normalized spacial score (nSPS) is 12.9. The van der Waals surface area contributed by atoms with Crippen molar-refractivity contribution < 1.29 is 14.3 Å². The molecule has 0 aromatic carbocycles. The van der Waals surface area contributed by atoms with Crippen LogP contribution in [-0.2, 0) is 11.8 Å². The fourth-order valence-electron chi connectivity index (χ4n) is 2.05. The van der Waals surface area contributed by atoms with Gasteiger partial charge in [0.1, 0.15) is 11.5 Å². The molecule has 5 heteroatoms. The lowest BCUT2D eigenvalue weighted by Gasteiger charge is -2.09. The van der Waals surface area contributed by atoms with E-state index in [1.807, 2.05) is 11.5 Å². The summed E-state index contributed by atoms with van der Waals surface area (Å²) < 4.78 is 14.8. The number of hydrogen-bond acceptors (Lipinski definition) is 2. The number of carboxylic acid groups (broad SMARTS) is 1. The van der Waals surface area contributed by atoms with Crippen LogP contribution in [0.15, 0.2) is 18.3 Å². The topological polar surface area (TPSA) is 55.1 Å². The summed E-state index contributed by atoms with van der Waals surface area (Å²) in [6.07, 6.45) is 1.21. The van der Waals surface area contributed by atoms with Crippen molar-refractivity contribution in [3.8, 4) is 0 Å². The Labute approximate surface area is 97.7 Å². The van der Waals surface area contributed by atoms with E-state index in [4.69, 9.17) is 5.11 Å². The number of hydrogen-bond donors (Lipinski definition) is 1. The van der Waals surface area contributed by atoms with Gasteiger partial charge >= 0.3 is 5.97 Å². The van der Waals surface area contributed by atoms with Gasteiger partial charge < -0.3 is 9.67 Å². The number of aryl methyl sites for hydroxylation is 1. The molecule has 0 spiro atoms. The predicted octanol–water partition coefficient (Wildman–Crippen LogP) is 2.29. The van der Waals surface area contributed by atoms with Gasteiger partial charge in [0.05, 0.1) is 12.6 Å². The van der Waals surface area contributed by atoms with Crippen LogP contribution in [-0.4, -0.2) is 20.6 Å². The smallest absolute Gasteiger partial charge is 0.304 e. The number of carbonyl (C=O) groups is 1. The number of aliphatic carboxylic acids is 1. The molecule has 2 rings (SSSR count). The number of rotatable bonds is 3. The number of fused-ring (bicyclic) bond motifs is 1. The van der Waals surface area contributed by atoms with E-state index in [-0.39, 0.29) is 18.2 Å². The Bertz CT molecular complexity index is 577. The predicted molar refractivity (Wildman–Crippen MR) is 61.3 cm³/mol. The lowest BCUT2D eigenvalue weighted by atomic mass is 10.0. The van der Waals surface area contributed by atoms with Gasteiger partial charge in [-0.1, -0.05) is 6.92 Å². The highest BCUT2D eigenvalue weighted by Gasteiger charge is 2.16. The third-order valence-electron chi connectivity index (χ3n) is 2.86. The summed E-state index contributed by atoms with van der Waals surface area (Å²) in [7, 11) is 1.81. The van der Waals surface area contributed by atoms with Crippen LogP contribution >= 0.6 is 0 Å². The number of pyridine rings is 1. The highest BCUT2D eigenvalue weighted by molar-refractivity contribution is 5.78. The third kappa shape index (κ3) is 2.13. The van der Waals surface area contributed by atoms with Crippen LogP contribution in [0.5, 0.6) is 0 Å². The zero-order chi connectivity index (χ0) is 12.6. The Kier molecular flexibility index (Phi) is 2.83. The SMILES string of the molecule is CC(CC(=O)O)c1cc2cc(F)cnc2n1C. The van der Waals surface area contributed by atoms with Crippen LogP contribution in [0.25, 0.3) is 11.0 Å². The number of nitrogens with zero attached hydrogens (tertiary/aromatic N) is 2. The molecule has 0 bridgehead atoms. The first-order chi connectivity index (χ1) is 7.99. The van der Waals surface area contributed by atoms with Gasteiger partial charge in [-0.15, -0.1) is 0 Å². The molecule has 0 aliphatic rings. The van der Waals surface area contributed by atoms with Gasteiger partial charge in [0.2, 0.25) is 0 Å². The minimum absolute atomic E-state index is 0.0483. The Morgan fingerprint density at radius 3 is 2.94 bits per heavy atom. The van der Waals surface area contributed by atoms with Crippen molar-refractivity contribution in [2.75, 3.05) is 0 Å². The fraction of sp³-hybridized carbons (Fsp3) is 0.333. The molecule has 0 amide bonds. The van der Waals surface area contributed by atoms with E-state index in [9.17, 15) is 9.18 Å². The summed E-state index contributed by atoms with van der Waals surface area (Å²) in [5.74, 6) is -1.36. The van der Waals surface area contributed by atoms with Crippen molar-refractivity contribution in [3.05, 3.63) is 29.8 Å². The highest BCUT2D eigenvalue weighted by atomic mass is 19.1. The molecule has 1 atom stereocenters. The maximum atomic E-state index is 13.0. The molecule has 0 saturated carbocycles. The van der Waals surface area contributed by atoms with Crippen molar-refractivity contribution >= 4 is 17.0 Å².